The van der Waals surface area contributed by atoms with Gasteiger partial charge in [-0.15, -0.1) is 11.3 Å². The number of alkyl carbamates (subject to hydrolysis) is 1. The lowest BCUT2D eigenvalue weighted by atomic mass is 9.88. The number of nitrogens with zero attached hydrogens (tertiary/aromatic N) is 2. The number of fused-ring (bicyclic) bond motifs is 1. The van der Waals surface area contributed by atoms with Crippen LogP contribution in [0.1, 0.15) is 33.6 Å². The maximum atomic E-state index is 12.3. The molecule has 3 aromatic rings. The largest absolute Gasteiger partial charge is 0.472 e. The number of ether oxygens (including phenoxy) is 1. The molecule has 3 heterocycles. The molecule has 0 saturated carbocycles. The molecule has 8 nitrogen and oxygen atoms in total. The highest BCUT2D eigenvalue weighted by Crippen LogP contribution is 2.39. The number of nitrogens with one attached hydrogen (secondary N) is 2. The van der Waals surface area contributed by atoms with E-state index in [9.17, 15) is 14.9 Å². The van der Waals surface area contributed by atoms with E-state index in [4.69, 9.17) is 9.15 Å². The van der Waals surface area contributed by atoms with E-state index in [-0.39, 0.29) is 11.8 Å². The molecule has 2 amide bonds. The van der Waals surface area contributed by atoms with Crippen molar-refractivity contribution < 1.29 is 18.7 Å². The number of amides is 2. The monoisotopic (exact) mass is 462 g/mol. The molecular formula is C24H22N4O4S. The Bertz CT molecular complexity index is 1180. The first-order valence-corrected chi connectivity index (χ1v) is 11.3. The van der Waals surface area contributed by atoms with Crippen LogP contribution in [0.5, 0.6) is 0 Å². The lowest BCUT2D eigenvalue weighted by Crippen LogP contribution is -2.27. The number of thiophene rings is 1. The summed E-state index contributed by atoms with van der Waals surface area (Å²) in [5, 5.41) is 15.7. The minimum atomic E-state index is -0.467. The van der Waals surface area contributed by atoms with Crippen LogP contribution in [0.15, 0.2) is 53.6 Å². The normalized spacial score (nSPS) is 14.9. The second kappa shape index (κ2) is 10.6. The van der Waals surface area contributed by atoms with Crippen molar-refractivity contribution in [2.45, 2.75) is 25.8 Å². The number of pyridine rings is 1. The van der Waals surface area contributed by atoms with Crippen molar-refractivity contribution in [3.05, 3.63) is 76.3 Å². The van der Waals surface area contributed by atoms with Gasteiger partial charge < -0.3 is 19.8 Å². The van der Waals surface area contributed by atoms with Crippen LogP contribution in [-0.4, -0.2) is 23.6 Å². The van der Waals surface area contributed by atoms with Crippen molar-refractivity contribution in [3.8, 4) is 6.07 Å². The summed E-state index contributed by atoms with van der Waals surface area (Å²) in [6, 6.07) is 7.67. The summed E-state index contributed by atoms with van der Waals surface area (Å²) in [7, 11) is 0. The fourth-order valence-electron chi connectivity index (χ4n) is 3.62. The van der Waals surface area contributed by atoms with Crippen LogP contribution < -0.4 is 10.6 Å². The molecule has 0 spiro atoms. The second-order valence-corrected chi connectivity index (χ2v) is 8.73. The van der Waals surface area contributed by atoms with Crippen LogP contribution in [0.3, 0.4) is 0 Å². The Labute approximate surface area is 194 Å². The lowest BCUT2D eigenvalue weighted by Gasteiger charge is -2.21. The van der Waals surface area contributed by atoms with E-state index >= 15 is 0 Å². The van der Waals surface area contributed by atoms with Crippen LogP contribution in [0, 0.1) is 17.2 Å². The molecule has 1 aliphatic rings. The van der Waals surface area contributed by atoms with E-state index in [1.807, 2.05) is 12.1 Å². The highest BCUT2D eigenvalue weighted by Gasteiger charge is 2.27. The van der Waals surface area contributed by atoms with Gasteiger partial charge in [-0.25, -0.2) is 4.79 Å². The van der Waals surface area contributed by atoms with Gasteiger partial charge in [0.25, 0.3) is 0 Å². The standard InChI is InChI=1S/C24H22N4O4S/c25-11-20-19-5-3-17(15-32-24(30)27-13-18-2-1-8-26-12-18)10-21(19)33-23(20)28-22(29)6-4-16-7-9-31-14-16/h1-2,4,6-9,12,14,17H,3,5,10,13,15H2,(H,27,30)(H,28,29). The second-order valence-electron chi connectivity index (χ2n) is 7.62. The minimum absolute atomic E-state index is 0.163. The number of hydrogen-bond acceptors (Lipinski definition) is 7. The molecule has 4 rings (SSSR count). The maximum Gasteiger partial charge on any atom is 0.407 e. The molecule has 3 aromatic heterocycles. The van der Waals surface area contributed by atoms with E-state index < -0.39 is 6.09 Å². The van der Waals surface area contributed by atoms with Crippen molar-refractivity contribution in [2.75, 3.05) is 11.9 Å². The molecule has 2 N–H and O–H groups in total. The lowest BCUT2D eigenvalue weighted by molar-refractivity contribution is -0.111. The third-order valence-electron chi connectivity index (χ3n) is 5.30. The summed E-state index contributed by atoms with van der Waals surface area (Å²) in [5.74, 6) is -0.146. The van der Waals surface area contributed by atoms with Crippen molar-refractivity contribution in [1.82, 2.24) is 10.3 Å². The maximum absolute atomic E-state index is 12.3. The molecule has 1 unspecified atom stereocenters. The first-order chi connectivity index (χ1) is 16.1. The summed E-state index contributed by atoms with van der Waals surface area (Å²) in [4.78, 5) is 29.4. The van der Waals surface area contributed by atoms with Gasteiger partial charge in [-0.3, -0.25) is 9.78 Å². The molecule has 0 saturated heterocycles. The van der Waals surface area contributed by atoms with Gasteiger partial charge in [-0.1, -0.05) is 6.07 Å². The molecule has 9 heteroatoms. The molecule has 168 valence electrons. The smallest absolute Gasteiger partial charge is 0.407 e. The number of anilines is 1. The number of aromatic nitrogens is 1. The van der Waals surface area contributed by atoms with Crippen molar-refractivity contribution in [3.63, 3.8) is 0 Å². The number of carbonyl (C=O) groups is 2. The van der Waals surface area contributed by atoms with Gasteiger partial charge in [0.05, 0.1) is 24.7 Å². The Morgan fingerprint density at radius 2 is 2.30 bits per heavy atom. The summed E-state index contributed by atoms with van der Waals surface area (Å²) < 4.78 is 10.4. The number of carbonyl (C=O) groups excluding carboxylic acids is 2. The van der Waals surface area contributed by atoms with Crippen LogP contribution in [0.2, 0.25) is 0 Å². The first kappa shape index (κ1) is 22.3. The van der Waals surface area contributed by atoms with Crippen molar-refractivity contribution >= 4 is 34.4 Å². The highest BCUT2D eigenvalue weighted by atomic mass is 32.1. The van der Waals surface area contributed by atoms with Gasteiger partial charge in [0.15, 0.2) is 0 Å². The fourth-order valence-corrected chi connectivity index (χ4v) is 4.93. The SMILES string of the molecule is N#Cc1c(NC(=O)C=Cc2ccoc2)sc2c1CCC(COC(=O)NCc1cccnc1)C2. The quantitative estimate of drug-likeness (QED) is 0.506. The van der Waals surface area contributed by atoms with Crippen molar-refractivity contribution in [1.29, 1.82) is 5.26 Å². The predicted octanol–water partition coefficient (Wildman–Crippen LogP) is 4.29. The predicted molar refractivity (Wildman–Crippen MR) is 123 cm³/mol. The Morgan fingerprint density at radius 3 is 3.06 bits per heavy atom. The highest BCUT2D eigenvalue weighted by molar-refractivity contribution is 7.16. The van der Waals surface area contributed by atoms with Crippen LogP contribution in [0.4, 0.5) is 9.80 Å². The van der Waals surface area contributed by atoms with Gasteiger partial charge in [0.2, 0.25) is 5.91 Å². The molecule has 0 radical (unpaired) electrons. The Kier molecular flexibility index (Phi) is 7.17. The zero-order valence-corrected chi connectivity index (χ0v) is 18.6. The molecule has 0 fully saturated rings. The van der Waals surface area contributed by atoms with E-state index in [1.54, 1.807) is 24.5 Å². The Hall–Kier alpha value is -3.90. The molecule has 1 aliphatic carbocycles. The number of nitriles is 1. The topological polar surface area (TPSA) is 117 Å². The van der Waals surface area contributed by atoms with E-state index in [0.717, 1.165) is 28.0 Å². The summed E-state index contributed by atoms with van der Waals surface area (Å²) >= 11 is 1.41. The van der Waals surface area contributed by atoms with E-state index in [2.05, 4.69) is 21.7 Å². The van der Waals surface area contributed by atoms with E-state index in [0.29, 0.717) is 36.6 Å². The average Bonchev–Trinajstić information content (AvgIpc) is 3.47. The van der Waals surface area contributed by atoms with Gasteiger partial charge in [-0.05, 0) is 54.5 Å². The minimum Gasteiger partial charge on any atom is -0.472 e. The molecule has 0 aromatic carbocycles. The van der Waals surface area contributed by atoms with Gasteiger partial charge >= 0.3 is 6.09 Å². The summed E-state index contributed by atoms with van der Waals surface area (Å²) in [6.45, 7) is 0.656. The van der Waals surface area contributed by atoms with Crippen LogP contribution in [0.25, 0.3) is 6.08 Å². The zero-order valence-electron chi connectivity index (χ0n) is 17.7. The van der Waals surface area contributed by atoms with Crippen LogP contribution in [-0.2, 0) is 28.9 Å². The van der Waals surface area contributed by atoms with Gasteiger partial charge in [0.1, 0.15) is 11.1 Å². The molecule has 1 atom stereocenters. The van der Waals surface area contributed by atoms with Gasteiger partial charge in [0, 0.05) is 35.5 Å². The zero-order chi connectivity index (χ0) is 23.0. The first-order valence-electron chi connectivity index (χ1n) is 10.5. The number of hydrogen-bond donors (Lipinski definition) is 2. The molecule has 0 aliphatic heterocycles. The number of rotatable bonds is 7. The average molecular weight is 463 g/mol. The Morgan fingerprint density at radius 1 is 1.39 bits per heavy atom. The van der Waals surface area contributed by atoms with E-state index in [1.165, 1.54) is 29.9 Å². The van der Waals surface area contributed by atoms with Gasteiger partial charge in [-0.2, -0.15) is 5.26 Å². The summed E-state index contributed by atoms with van der Waals surface area (Å²) in [5.41, 5.74) is 3.18. The third-order valence-corrected chi connectivity index (χ3v) is 6.47. The fraction of sp³-hybridized carbons (Fsp3) is 0.250. The molecular weight excluding hydrogens is 440 g/mol. The number of furan rings is 1. The third kappa shape index (κ3) is 5.87. The summed E-state index contributed by atoms with van der Waals surface area (Å²) in [6.07, 6.45) is 11.2. The van der Waals surface area contributed by atoms with Crippen molar-refractivity contribution in [2.24, 2.45) is 5.92 Å². The molecule has 0 bridgehead atoms. The Balaban J connectivity index is 1.31. The molecule has 33 heavy (non-hydrogen) atoms. The van der Waals surface area contributed by atoms with Crippen LogP contribution >= 0.6 is 11.3 Å².